The highest BCUT2D eigenvalue weighted by atomic mass is 32.1. The third-order valence-electron chi connectivity index (χ3n) is 2.56. The van der Waals surface area contributed by atoms with Crippen molar-refractivity contribution in [2.75, 3.05) is 11.9 Å². The molecule has 3 N–H and O–H groups in total. The molecular formula is C13H14N4O2S. The third-order valence-corrected chi connectivity index (χ3v) is 2.87. The Morgan fingerprint density at radius 2 is 2.20 bits per heavy atom. The molecule has 0 spiro atoms. The molecular weight excluding hydrogens is 276 g/mol. The van der Waals surface area contributed by atoms with Gasteiger partial charge in [-0.3, -0.25) is 14.2 Å². The summed E-state index contributed by atoms with van der Waals surface area (Å²) >= 11 is 5.14. The lowest BCUT2D eigenvalue weighted by molar-refractivity contribution is -0.122. The van der Waals surface area contributed by atoms with Crippen molar-refractivity contribution in [3.8, 4) is 5.69 Å². The molecule has 0 saturated heterocycles. The molecule has 0 saturated carbocycles. The van der Waals surface area contributed by atoms with Crippen molar-refractivity contribution in [3.05, 3.63) is 41.4 Å². The van der Waals surface area contributed by atoms with Crippen LogP contribution in [0.2, 0.25) is 0 Å². The Morgan fingerprint density at radius 1 is 1.40 bits per heavy atom. The summed E-state index contributed by atoms with van der Waals surface area (Å²) in [5.41, 5.74) is 1.48. The number of hydrogen-bond donors (Lipinski definition) is 3. The van der Waals surface area contributed by atoms with Gasteiger partial charge in [-0.25, -0.2) is 0 Å². The first kappa shape index (κ1) is 14.0. The highest BCUT2D eigenvalue weighted by Crippen LogP contribution is 2.14. The Balaban J connectivity index is 2.11. The molecule has 0 atom stereocenters. The first-order chi connectivity index (χ1) is 9.56. The van der Waals surface area contributed by atoms with Gasteiger partial charge in [0.2, 0.25) is 11.8 Å². The fraction of sp³-hybridized carbons (Fsp3) is 0.154. The Bertz CT molecular complexity index is 689. The summed E-state index contributed by atoms with van der Waals surface area (Å²) in [6, 6.07) is 7.27. The molecule has 1 aromatic carbocycles. The zero-order valence-electron chi connectivity index (χ0n) is 10.8. The van der Waals surface area contributed by atoms with E-state index >= 15 is 0 Å². The van der Waals surface area contributed by atoms with Crippen LogP contribution in [0.15, 0.2) is 36.7 Å². The van der Waals surface area contributed by atoms with Crippen molar-refractivity contribution >= 4 is 29.7 Å². The molecule has 2 aromatic rings. The fourth-order valence-corrected chi connectivity index (χ4v) is 1.90. The van der Waals surface area contributed by atoms with E-state index in [1.807, 2.05) is 12.1 Å². The lowest BCUT2D eigenvalue weighted by Gasteiger charge is -2.08. The van der Waals surface area contributed by atoms with Crippen LogP contribution < -0.4 is 10.6 Å². The van der Waals surface area contributed by atoms with Gasteiger partial charge in [-0.05, 0) is 30.4 Å². The second-order valence-corrected chi connectivity index (χ2v) is 4.53. The van der Waals surface area contributed by atoms with Gasteiger partial charge < -0.3 is 15.6 Å². The SMILES string of the molecule is CC(=O)NCC(=O)Nc1cccc(-n2cc[nH]c2=S)c1. The highest BCUT2D eigenvalue weighted by molar-refractivity contribution is 7.71. The Kier molecular flexibility index (Phi) is 4.31. The number of hydrogen-bond acceptors (Lipinski definition) is 3. The molecule has 0 radical (unpaired) electrons. The Hall–Kier alpha value is -2.41. The van der Waals surface area contributed by atoms with E-state index in [0.29, 0.717) is 10.5 Å². The van der Waals surface area contributed by atoms with Crippen LogP contribution in [-0.4, -0.2) is 27.9 Å². The van der Waals surface area contributed by atoms with Crippen LogP contribution in [0.25, 0.3) is 5.69 Å². The molecule has 0 aliphatic heterocycles. The second-order valence-electron chi connectivity index (χ2n) is 4.14. The topological polar surface area (TPSA) is 78.9 Å². The number of benzene rings is 1. The van der Waals surface area contributed by atoms with Crippen LogP contribution in [0.1, 0.15) is 6.92 Å². The van der Waals surface area contributed by atoms with Gasteiger partial charge in [-0.15, -0.1) is 0 Å². The van der Waals surface area contributed by atoms with Gasteiger partial charge in [0.05, 0.1) is 6.54 Å². The number of nitrogens with one attached hydrogen (secondary N) is 3. The molecule has 6 nitrogen and oxygen atoms in total. The summed E-state index contributed by atoms with van der Waals surface area (Å²) < 4.78 is 2.37. The number of carbonyl (C=O) groups is 2. The average Bonchev–Trinajstić information content (AvgIpc) is 2.83. The maximum absolute atomic E-state index is 11.6. The van der Waals surface area contributed by atoms with Crippen LogP contribution >= 0.6 is 12.2 Å². The number of carbonyl (C=O) groups excluding carboxylic acids is 2. The third kappa shape index (κ3) is 3.55. The van der Waals surface area contributed by atoms with Gasteiger partial charge in [0.25, 0.3) is 0 Å². The molecule has 20 heavy (non-hydrogen) atoms. The molecule has 0 aliphatic rings. The molecule has 0 unspecified atom stereocenters. The zero-order valence-corrected chi connectivity index (χ0v) is 11.7. The van der Waals surface area contributed by atoms with E-state index in [-0.39, 0.29) is 18.4 Å². The van der Waals surface area contributed by atoms with E-state index in [4.69, 9.17) is 12.2 Å². The van der Waals surface area contributed by atoms with Crippen molar-refractivity contribution in [1.82, 2.24) is 14.9 Å². The standard InChI is InChI=1S/C13H14N4O2S/c1-9(18)15-8-12(19)16-10-3-2-4-11(7-10)17-6-5-14-13(17)20/h2-7H,8H2,1H3,(H,14,20)(H,15,18)(H,16,19). The first-order valence-corrected chi connectivity index (χ1v) is 6.38. The van der Waals surface area contributed by atoms with Gasteiger partial charge in [0, 0.05) is 30.7 Å². The van der Waals surface area contributed by atoms with Crippen molar-refractivity contribution in [3.63, 3.8) is 0 Å². The number of imidazole rings is 1. The average molecular weight is 290 g/mol. The molecule has 7 heteroatoms. The Labute approximate surface area is 120 Å². The van der Waals surface area contributed by atoms with Crippen LogP contribution in [0.4, 0.5) is 5.69 Å². The van der Waals surface area contributed by atoms with E-state index in [1.54, 1.807) is 29.1 Å². The van der Waals surface area contributed by atoms with Gasteiger partial charge in [0.1, 0.15) is 0 Å². The predicted molar refractivity (Wildman–Crippen MR) is 78.3 cm³/mol. The smallest absolute Gasteiger partial charge is 0.243 e. The van der Waals surface area contributed by atoms with Crippen molar-refractivity contribution in [2.24, 2.45) is 0 Å². The van der Waals surface area contributed by atoms with E-state index in [1.165, 1.54) is 6.92 Å². The number of nitrogens with zero attached hydrogens (tertiary/aromatic N) is 1. The van der Waals surface area contributed by atoms with E-state index < -0.39 is 0 Å². The Morgan fingerprint density at radius 3 is 2.85 bits per heavy atom. The number of rotatable bonds is 4. The molecule has 0 bridgehead atoms. The van der Waals surface area contributed by atoms with Crippen molar-refractivity contribution in [2.45, 2.75) is 6.92 Å². The minimum atomic E-state index is -0.282. The number of anilines is 1. The fourth-order valence-electron chi connectivity index (χ4n) is 1.67. The van der Waals surface area contributed by atoms with Crippen LogP contribution in [0, 0.1) is 4.77 Å². The zero-order chi connectivity index (χ0) is 14.5. The number of amides is 2. The number of H-pyrrole nitrogens is 1. The predicted octanol–water partition coefficient (Wildman–Crippen LogP) is 1.61. The summed E-state index contributed by atoms with van der Waals surface area (Å²) in [4.78, 5) is 25.3. The summed E-state index contributed by atoms with van der Waals surface area (Å²) in [6.45, 7) is 1.31. The van der Waals surface area contributed by atoms with E-state index in [0.717, 1.165) is 5.69 Å². The van der Waals surface area contributed by atoms with Gasteiger partial charge in [0.15, 0.2) is 4.77 Å². The summed E-state index contributed by atoms with van der Waals surface area (Å²) in [6.07, 6.45) is 3.55. The molecule has 1 heterocycles. The minimum absolute atomic E-state index is 0.0524. The van der Waals surface area contributed by atoms with E-state index in [9.17, 15) is 9.59 Å². The quantitative estimate of drug-likeness (QED) is 0.749. The minimum Gasteiger partial charge on any atom is -0.347 e. The van der Waals surface area contributed by atoms with Crippen molar-refractivity contribution in [1.29, 1.82) is 0 Å². The second kappa shape index (κ2) is 6.16. The summed E-state index contributed by atoms with van der Waals surface area (Å²) in [5.74, 6) is -0.525. The van der Waals surface area contributed by atoms with Crippen LogP contribution in [0.5, 0.6) is 0 Å². The van der Waals surface area contributed by atoms with E-state index in [2.05, 4.69) is 15.6 Å². The maximum atomic E-state index is 11.6. The first-order valence-electron chi connectivity index (χ1n) is 5.97. The molecule has 2 amide bonds. The largest absolute Gasteiger partial charge is 0.347 e. The lowest BCUT2D eigenvalue weighted by Crippen LogP contribution is -2.31. The number of aromatic nitrogens is 2. The van der Waals surface area contributed by atoms with Gasteiger partial charge >= 0.3 is 0 Å². The van der Waals surface area contributed by atoms with Gasteiger partial charge in [-0.1, -0.05) is 6.07 Å². The summed E-state index contributed by atoms with van der Waals surface area (Å²) in [5, 5.41) is 5.15. The van der Waals surface area contributed by atoms with Crippen LogP contribution in [-0.2, 0) is 9.59 Å². The van der Waals surface area contributed by atoms with Gasteiger partial charge in [-0.2, -0.15) is 0 Å². The molecule has 0 fully saturated rings. The molecule has 0 aliphatic carbocycles. The lowest BCUT2D eigenvalue weighted by atomic mass is 10.2. The van der Waals surface area contributed by atoms with Crippen molar-refractivity contribution < 1.29 is 9.59 Å². The monoisotopic (exact) mass is 290 g/mol. The molecule has 1 aromatic heterocycles. The maximum Gasteiger partial charge on any atom is 0.243 e. The number of aromatic amines is 1. The normalized spacial score (nSPS) is 10.1. The molecule has 104 valence electrons. The molecule has 2 rings (SSSR count). The summed E-state index contributed by atoms with van der Waals surface area (Å²) in [7, 11) is 0. The highest BCUT2D eigenvalue weighted by Gasteiger charge is 2.04. The van der Waals surface area contributed by atoms with Crippen LogP contribution in [0.3, 0.4) is 0 Å².